The zero-order valence-electron chi connectivity index (χ0n) is 10.6. The highest BCUT2D eigenvalue weighted by atomic mass is 19.1. The Balaban J connectivity index is 1.85. The van der Waals surface area contributed by atoms with Gasteiger partial charge in [0.1, 0.15) is 17.3 Å². The van der Waals surface area contributed by atoms with Crippen LogP contribution in [-0.4, -0.2) is 12.6 Å². The number of hydrogen-bond acceptors (Lipinski definition) is 1. The summed E-state index contributed by atoms with van der Waals surface area (Å²) in [5.74, 6) is -1.57. The molecule has 1 aliphatic rings. The molecule has 0 unspecified atom stereocenters. The minimum absolute atomic E-state index is 0.415. The first kappa shape index (κ1) is 12.6. The Hall–Kier alpha value is -2.43. The molecule has 0 saturated carbocycles. The Morgan fingerprint density at radius 2 is 1.75 bits per heavy atom. The summed E-state index contributed by atoms with van der Waals surface area (Å²) < 4.78 is 27.0. The summed E-state index contributed by atoms with van der Waals surface area (Å²) >= 11 is 0. The lowest BCUT2D eigenvalue weighted by atomic mass is 10.2. The number of halogens is 2. The molecule has 0 aliphatic carbocycles. The summed E-state index contributed by atoms with van der Waals surface area (Å²) in [4.78, 5) is 13.7. The van der Waals surface area contributed by atoms with Gasteiger partial charge >= 0.3 is 6.03 Å². The average molecular weight is 274 g/mol. The molecule has 0 atom stereocenters. The number of amides is 2. The van der Waals surface area contributed by atoms with Crippen molar-refractivity contribution in [3.05, 3.63) is 59.7 Å². The van der Waals surface area contributed by atoms with Crippen molar-refractivity contribution in [3.63, 3.8) is 0 Å². The van der Waals surface area contributed by atoms with E-state index in [9.17, 15) is 13.6 Å². The maximum absolute atomic E-state index is 13.5. The lowest BCUT2D eigenvalue weighted by Crippen LogP contribution is -2.33. The Kier molecular flexibility index (Phi) is 3.10. The zero-order valence-corrected chi connectivity index (χ0v) is 10.6. The summed E-state index contributed by atoms with van der Waals surface area (Å²) in [6.45, 7) is 0.501. The van der Waals surface area contributed by atoms with E-state index in [1.54, 1.807) is 0 Å². The smallest absolute Gasteiger partial charge is 0.302 e. The third-order valence-corrected chi connectivity index (χ3v) is 3.33. The van der Waals surface area contributed by atoms with Crippen LogP contribution in [0, 0.1) is 11.6 Å². The molecule has 0 bridgehead atoms. The molecule has 0 radical (unpaired) electrons. The standard InChI is InChI=1S/C15H12F2N2O/c16-11-5-3-6-12(17)14(11)18-15(20)19-9-8-10-4-1-2-7-13(10)19/h1-7H,8-9H2,(H,18,20). The molecular formula is C15H12F2N2O. The number of carbonyl (C=O) groups excluding carboxylic acids is 1. The molecule has 5 heteroatoms. The number of para-hydroxylation sites is 2. The number of nitrogens with one attached hydrogen (secondary N) is 1. The summed E-state index contributed by atoms with van der Waals surface area (Å²) in [5, 5.41) is 2.30. The predicted octanol–water partition coefficient (Wildman–Crippen LogP) is 3.56. The van der Waals surface area contributed by atoms with Gasteiger partial charge in [-0.2, -0.15) is 0 Å². The van der Waals surface area contributed by atoms with Gasteiger partial charge in [0.2, 0.25) is 0 Å². The first-order valence-electron chi connectivity index (χ1n) is 6.27. The van der Waals surface area contributed by atoms with Crippen molar-refractivity contribution in [3.8, 4) is 0 Å². The number of benzene rings is 2. The number of urea groups is 1. The lowest BCUT2D eigenvalue weighted by Gasteiger charge is -2.18. The van der Waals surface area contributed by atoms with Gasteiger partial charge in [-0.15, -0.1) is 0 Å². The third kappa shape index (κ3) is 2.11. The molecular weight excluding hydrogens is 262 g/mol. The van der Waals surface area contributed by atoms with E-state index in [-0.39, 0.29) is 0 Å². The van der Waals surface area contributed by atoms with Gasteiger partial charge < -0.3 is 5.32 Å². The molecule has 0 spiro atoms. The topological polar surface area (TPSA) is 32.3 Å². The molecule has 20 heavy (non-hydrogen) atoms. The van der Waals surface area contributed by atoms with E-state index in [4.69, 9.17) is 0 Å². The Bertz CT molecular complexity index is 652. The SMILES string of the molecule is O=C(Nc1c(F)cccc1F)N1CCc2ccccc21. The van der Waals surface area contributed by atoms with E-state index in [0.29, 0.717) is 6.54 Å². The van der Waals surface area contributed by atoms with Gasteiger partial charge in [-0.05, 0) is 30.2 Å². The molecule has 0 fully saturated rings. The number of rotatable bonds is 1. The van der Waals surface area contributed by atoms with E-state index in [2.05, 4.69) is 5.32 Å². The second-order valence-corrected chi connectivity index (χ2v) is 4.56. The van der Waals surface area contributed by atoms with E-state index in [1.165, 1.54) is 11.0 Å². The van der Waals surface area contributed by atoms with Crippen molar-refractivity contribution in [1.29, 1.82) is 0 Å². The van der Waals surface area contributed by atoms with Crippen LogP contribution in [0.3, 0.4) is 0 Å². The largest absolute Gasteiger partial charge is 0.326 e. The number of fused-ring (bicyclic) bond motifs is 1. The summed E-state index contributed by atoms with van der Waals surface area (Å²) in [7, 11) is 0. The number of hydrogen-bond donors (Lipinski definition) is 1. The number of nitrogens with zero attached hydrogens (tertiary/aromatic N) is 1. The average Bonchev–Trinajstić information content (AvgIpc) is 2.87. The fourth-order valence-corrected chi connectivity index (χ4v) is 2.34. The maximum Gasteiger partial charge on any atom is 0.326 e. The van der Waals surface area contributed by atoms with Crippen molar-refractivity contribution in [1.82, 2.24) is 0 Å². The highest BCUT2D eigenvalue weighted by Crippen LogP contribution is 2.28. The molecule has 2 aromatic carbocycles. The van der Waals surface area contributed by atoms with Crippen LogP contribution in [0.4, 0.5) is 25.0 Å². The summed E-state index contributed by atoms with van der Waals surface area (Å²) in [5.41, 5.74) is 1.42. The Labute approximate surface area is 114 Å². The van der Waals surface area contributed by atoms with Crippen LogP contribution in [0.5, 0.6) is 0 Å². The minimum atomic E-state index is -0.786. The molecule has 2 amide bonds. The third-order valence-electron chi connectivity index (χ3n) is 3.33. The monoisotopic (exact) mass is 274 g/mol. The van der Waals surface area contributed by atoms with Gasteiger partial charge in [0, 0.05) is 12.2 Å². The fourth-order valence-electron chi connectivity index (χ4n) is 2.34. The minimum Gasteiger partial charge on any atom is -0.302 e. The molecule has 2 aromatic rings. The predicted molar refractivity (Wildman–Crippen MR) is 72.9 cm³/mol. The van der Waals surface area contributed by atoms with Crippen LogP contribution in [0.2, 0.25) is 0 Å². The molecule has 3 nitrogen and oxygen atoms in total. The fraction of sp³-hybridized carbons (Fsp3) is 0.133. The normalized spacial score (nSPS) is 13.2. The second kappa shape index (κ2) is 4.92. The van der Waals surface area contributed by atoms with Crippen LogP contribution in [-0.2, 0) is 6.42 Å². The summed E-state index contributed by atoms with van der Waals surface area (Å²) in [6.07, 6.45) is 0.739. The van der Waals surface area contributed by atoms with E-state index in [1.807, 2.05) is 24.3 Å². The van der Waals surface area contributed by atoms with Crippen molar-refractivity contribution >= 4 is 17.4 Å². The highest BCUT2D eigenvalue weighted by molar-refractivity contribution is 6.03. The van der Waals surface area contributed by atoms with Gasteiger partial charge in [0.25, 0.3) is 0 Å². The van der Waals surface area contributed by atoms with Gasteiger partial charge in [-0.3, -0.25) is 4.90 Å². The first-order chi connectivity index (χ1) is 9.66. The van der Waals surface area contributed by atoms with Gasteiger partial charge in [0.15, 0.2) is 0 Å². The molecule has 1 aliphatic heterocycles. The second-order valence-electron chi connectivity index (χ2n) is 4.56. The highest BCUT2D eigenvalue weighted by Gasteiger charge is 2.25. The molecule has 1 N–H and O–H groups in total. The molecule has 102 valence electrons. The molecule has 1 heterocycles. The van der Waals surface area contributed by atoms with Crippen LogP contribution in [0.25, 0.3) is 0 Å². The Morgan fingerprint density at radius 1 is 1.05 bits per heavy atom. The van der Waals surface area contributed by atoms with Crippen LogP contribution >= 0.6 is 0 Å². The lowest BCUT2D eigenvalue weighted by molar-refractivity contribution is 0.257. The maximum atomic E-state index is 13.5. The van der Waals surface area contributed by atoms with Crippen LogP contribution in [0.15, 0.2) is 42.5 Å². The van der Waals surface area contributed by atoms with Gasteiger partial charge in [0.05, 0.1) is 0 Å². The van der Waals surface area contributed by atoms with Crippen molar-refractivity contribution < 1.29 is 13.6 Å². The van der Waals surface area contributed by atoms with E-state index < -0.39 is 23.4 Å². The quantitative estimate of drug-likeness (QED) is 0.847. The van der Waals surface area contributed by atoms with Gasteiger partial charge in [-0.25, -0.2) is 13.6 Å². The molecule has 0 saturated heterocycles. The Morgan fingerprint density at radius 3 is 2.50 bits per heavy atom. The number of anilines is 2. The van der Waals surface area contributed by atoms with Crippen molar-refractivity contribution in [2.24, 2.45) is 0 Å². The van der Waals surface area contributed by atoms with Crippen LogP contribution < -0.4 is 10.2 Å². The first-order valence-corrected chi connectivity index (χ1v) is 6.27. The van der Waals surface area contributed by atoms with Crippen molar-refractivity contribution in [2.75, 3.05) is 16.8 Å². The number of carbonyl (C=O) groups is 1. The van der Waals surface area contributed by atoms with E-state index >= 15 is 0 Å². The zero-order chi connectivity index (χ0) is 14.1. The van der Waals surface area contributed by atoms with Crippen molar-refractivity contribution in [2.45, 2.75) is 6.42 Å². The summed E-state index contributed by atoms with van der Waals surface area (Å²) in [6, 6.07) is 10.4. The van der Waals surface area contributed by atoms with Gasteiger partial charge in [-0.1, -0.05) is 24.3 Å². The molecule has 3 rings (SSSR count). The van der Waals surface area contributed by atoms with E-state index in [0.717, 1.165) is 29.8 Å². The van der Waals surface area contributed by atoms with Crippen LogP contribution in [0.1, 0.15) is 5.56 Å². The molecule has 0 aromatic heterocycles.